The third kappa shape index (κ3) is 2.89. The first kappa shape index (κ1) is 15.5. The number of carbonyl (C=O) groups is 1. The lowest BCUT2D eigenvalue weighted by molar-refractivity contribution is 0.0998. The van der Waals surface area contributed by atoms with Gasteiger partial charge in [-0.05, 0) is 46.5 Å². The van der Waals surface area contributed by atoms with Gasteiger partial charge in [0, 0.05) is 11.1 Å². The van der Waals surface area contributed by atoms with E-state index in [0.29, 0.717) is 11.7 Å². The Morgan fingerprint density at radius 3 is 2.44 bits per heavy atom. The van der Waals surface area contributed by atoms with Crippen LogP contribution in [0.15, 0.2) is 71.1 Å². The van der Waals surface area contributed by atoms with E-state index in [1.807, 2.05) is 60.7 Å². The van der Waals surface area contributed by atoms with Crippen molar-refractivity contribution in [3.05, 3.63) is 78.1 Å². The highest BCUT2D eigenvalue weighted by Gasteiger charge is 2.14. The fourth-order valence-electron chi connectivity index (χ4n) is 3.05. The van der Waals surface area contributed by atoms with Crippen molar-refractivity contribution in [2.24, 2.45) is 0 Å². The Bertz CT molecular complexity index is 1060. The summed E-state index contributed by atoms with van der Waals surface area (Å²) in [5.74, 6) is 0.547. The third-order valence-corrected chi connectivity index (χ3v) is 4.49. The van der Waals surface area contributed by atoms with Crippen molar-refractivity contribution in [2.45, 2.75) is 19.8 Å². The molecule has 0 unspecified atom stereocenters. The lowest BCUT2D eigenvalue weighted by Gasteiger charge is -2.07. The summed E-state index contributed by atoms with van der Waals surface area (Å²) in [4.78, 5) is 12.5. The van der Waals surface area contributed by atoms with E-state index in [4.69, 9.17) is 4.42 Å². The highest BCUT2D eigenvalue weighted by Crippen LogP contribution is 2.28. The van der Waals surface area contributed by atoms with E-state index >= 15 is 0 Å². The van der Waals surface area contributed by atoms with Crippen LogP contribution in [0.2, 0.25) is 0 Å². The zero-order valence-corrected chi connectivity index (χ0v) is 14.2. The van der Waals surface area contributed by atoms with Crippen LogP contribution in [-0.2, 0) is 0 Å². The molecule has 1 aromatic heterocycles. The van der Waals surface area contributed by atoms with Gasteiger partial charge in [-0.15, -0.1) is 0 Å². The molecule has 0 bridgehead atoms. The Morgan fingerprint density at radius 2 is 1.68 bits per heavy atom. The summed E-state index contributed by atoms with van der Waals surface area (Å²) in [6.07, 6.45) is 0. The Labute approximate surface area is 146 Å². The SMILES string of the molecule is CC(C)c1ccc(NC(=O)c2cc3c(ccc4ccccc43)o2)cc1. The maximum absolute atomic E-state index is 12.5. The largest absolute Gasteiger partial charge is 0.451 e. The van der Waals surface area contributed by atoms with Gasteiger partial charge in [0.1, 0.15) is 5.58 Å². The topological polar surface area (TPSA) is 42.2 Å². The van der Waals surface area contributed by atoms with E-state index in [1.54, 1.807) is 0 Å². The Morgan fingerprint density at radius 1 is 0.920 bits per heavy atom. The Kier molecular flexibility index (Phi) is 3.77. The number of nitrogens with one attached hydrogen (secondary N) is 1. The molecule has 1 heterocycles. The summed E-state index contributed by atoms with van der Waals surface area (Å²) in [5, 5.41) is 6.08. The third-order valence-electron chi connectivity index (χ3n) is 4.49. The van der Waals surface area contributed by atoms with Gasteiger partial charge in [0.05, 0.1) is 0 Å². The highest BCUT2D eigenvalue weighted by molar-refractivity contribution is 6.10. The van der Waals surface area contributed by atoms with E-state index in [0.717, 1.165) is 27.4 Å². The van der Waals surface area contributed by atoms with Crippen molar-refractivity contribution in [1.82, 2.24) is 0 Å². The van der Waals surface area contributed by atoms with Crippen LogP contribution >= 0.6 is 0 Å². The monoisotopic (exact) mass is 329 g/mol. The maximum atomic E-state index is 12.5. The normalized spacial score (nSPS) is 11.3. The standard InChI is InChI=1S/C22H19NO2/c1-14(2)15-7-10-17(11-8-15)23-22(24)21-13-19-18-6-4-3-5-16(18)9-12-20(19)25-21/h3-14H,1-2H3,(H,23,24). The molecule has 0 aliphatic rings. The summed E-state index contributed by atoms with van der Waals surface area (Å²) in [6, 6.07) is 21.7. The van der Waals surface area contributed by atoms with Crippen molar-refractivity contribution in [1.29, 1.82) is 0 Å². The molecule has 0 aliphatic carbocycles. The van der Waals surface area contributed by atoms with Gasteiger partial charge in [0.15, 0.2) is 5.76 Å². The fourth-order valence-corrected chi connectivity index (χ4v) is 3.05. The second-order valence-corrected chi connectivity index (χ2v) is 6.54. The quantitative estimate of drug-likeness (QED) is 0.504. The van der Waals surface area contributed by atoms with Crippen LogP contribution in [0.25, 0.3) is 21.7 Å². The van der Waals surface area contributed by atoms with Gasteiger partial charge >= 0.3 is 0 Å². The summed E-state index contributed by atoms with van der Waals surface area (Å²) < 4.78 is 5.76. The molecule has 0 fully saturated rings. The minimum absolute atomic E-state index is 0.238. The molecule has 0 spiro atoms. The predicted molar refractivity (Wildman–Crippen MR) is 102 cm³/mol. The van der Waals surface area contributed by atoms with Crippen LogP contribution in [-0.4, -0.2) is 5.91 Å². The molecule has 4 aromatic rings. The van der Waals surface area contributed by atoms with Gasteiger partial charge in [-0.3, -0.25) is 4.79 Å². The van der Waals surface area contributed by atoms with E-state index in [9.17, 15) is 4.79 Å². The van der Waals surface area contributed by atoms with Crippen LogP contribution < -0.4 is 5.32 Å². The molecule has 3 aromatic carbocycles. The number of fused-ring (bicyclic) bond motifs is 3. The van der Waals surface area contributed by atoms with Crippen molar-refractivity contribution in [3.63, 3.8) is 0 Å². The van der Waals surface area contributed by atoms with Gasteiger partial charge in [-0.1, -0.05) is 56.3 Å². The zero-order chi connectivity index (χ0) is 17.4. The highest BCUT2D eigenvalue weighted by atomic mass is 16.3. The molecule has 1 amide bonds. The summed E-state index contributed by atoms with van der Waals surface area (Å²) in [5.41, 5.74) is 2.73. The zero-order valence-electron chi connectivity index (χ0n) is 14.2. The molecule has 0 atom stereocenters. The van der Waals surface area contributed by atoms with Gasteiger partial charge in [0.25, 0.3) is 5.91 Å². The number of amides is 1. The molecule has 0 saturated heterocycles. The fraction of sp³-hybridized carbons (Fsp3) is 0.136. The van der Waals surface area contributed by atoms with Crippen LogP contribution in [0.4, 0.5) is 5.69 Å². The van der Waals surface area contributed by atoms with Gasteiger partial charge < -0.3 is 9.73 Å². The molecular weight excluding hydrogens is 310 g/mol. The van der Waals surface area contributed by atoms with Crippen LogP contribution in [0.1, 0.15) is 35.9 Å². The van der Waals surface area contributed by atoms with Crippen molar-refractivity contribution in [2.75, 3.05) is 5.32 Å². The maximum Gasteiger partial charge on any atom is 0.291 e. The molecule has 1 N–H and O–H groups in total. The minimum atomic E-state index is -0.238. The molecule has 3 nitrogen and oxygen atoms in total. The molecule has 0 radical (unpaired) electrons. The first-order valence-corrected chi connectivity index (χ1v) is 8.44. The number of furan rings is 1. The Hall–Kier alpha value is -3.07. The smallest absolute Gasteiger partial charge is 0.291 e. The molecule has 25 heavy (non-hydrogen) atoms. The summed E-state index contributed by atoms with van der Waals surface area (Å²) in [6.45, 7) is 4.29. The van der Waals surface area contributed by atoms with Crippen molar-refractivity contribution in [3.8, 4) is 0 Å². The van der Waals surface area contributed by atoms with E-state index in [-0.39, 0.29) is 5.91 Å². The number of anilines is 1. The number of benzene rings is 3. The van der Waals surface area contributed by atoms with Crippen LogP contribution in [0, 0.1) is 0 Å². The average molecular weight is 329 g/mol. The first-order chi connectivity index (χ1) is 12.1. The predicted octanol–water partition coefficient (Wildman–Crippen LogP) is 5.96. The lowest BCUT2D eigenvalue weighted by atomic mass is 10.0. The molecular formula is C22H19NO2. The lowest BCUT2D eigenvalue weighted by Crippen LogP contribution is -2.10. The van der Waals surface area contributed by atoms with Crippen LogP contribution in [0.5, 0.6) is 0 Å². The second-order valence-electron chi connectivity index (χ2n) is 6.54. The van der Waals surface area contributed by atoms with Gasteiger partial charge in [0.2, 0.25) is 0 Å². The number of hydrogen-bond acceptors (Lipinski definition) is 2. The van der Waals surface area contributed by atoms with Crippen LogP contribution in [0.3, 0.4) is 0 Å². The van der Waals surface area contributed by atoms with Crippen molar-refractivity contribution < 1.29 is 9.21 Å². The van der Waals surface area contributed by atoms with E-state index in [1.165, 1.54) is 5.56 Å². The minimum Gasteiger partial charge on any atom is -0.451 e. The van der Waals surface area contributed by atoms with E-state index < -0.39 is 0 Å². The summed E-state index contributed by atoms with van der Waals surface area (Å²) in [7, 11) is 0. The molecule has 124 valence electrons. The number of carbonyl (C=O) groups excluding carboxylic acids is 1. The molecule has 0 saturated carbocycles. The molecule has 0 aliphatic heterocycles. The number of hydrogen-bond donors (Lipinski definition) is 1. The van der Waals surface area contributed by atoms with Gasteiger partial charge in [-0.25, -0.2) is 0 Å². The Balaban J connectivity index is 1.64. The molecule has 3 heteroatoms. The summed E-state index contributed by atoms with van der Waals surface area (Å²) >= 11 is 0. The first-order valence-electron chi connectivity index (χ1n) is 8.44. The molecule has 4 rings (SSSR count). The second kappa shape index (κ2) is 6.10. The van der Waals surface area contributed by atoms with Gasteiger partial charge in [-0.2, -0.15) is 0 Å². The van der Waals surface area contributed by atoms with Crippen molar-refractivity contribution >= 4 is 33.3 Å². The number of rotatable bonds is 3. The average Bonchev–Trinajstić information content (AvgIpc) is 3.07. The van der Waals surface area contributed by atoms with E-state index in [2.05, 4.69) is 25.2 Å².